The number of rotatable bonds is 10. The van der Waals surface area contributed by atoms with E-state index in [1.165, 1.54) is 37.7 Å². The maximum Gasteiger partial charge on any atom is 0.152 e. The minimum Gasteiger partial charge on any atom is -0.295 e. The molecule has 19 heavy (non-hydrogen) atoms. The zero-order valence-electron chi connectivity index (χ0n) is 13.5. The van der Waals surface area contributed by atoms with Gasteiger partial charge in [-0.05, 0) is 64.4 Å². The number of hydrogen-bond donors (Lipinski definition) is 0. The standard InChI is InChI=1S/C18H32O/c1-6-18(14-13-17(5)19)12-8-11-16(4)10-7-9-15(2)3/h9,13-14,16,18H,6-8,10-12H2,1-5H3/b14-13+. The van der Waals surface area contributed by atoms with Gasteiger partial charge in [0.05, 0.1) is 0 Å². The molecule has 0 aromatic rings. The van der Waals surface area contributed by atoms with Crippen LogP contribution in [0.15, 0.2) is 23.8 Å². The minimum absolute atomic E-state index is 0.161. The largest absolute Gasteiger partial charge is 0.295 e. The maximum atomic E-state index is 10.9. The fraction of sp³-hybridized carbons (Fsp3) is 0.722. The van der Waals surface area contributed by atoms with Gasteiger partial charge in [-0.3, -0.25) is 4.79 Å². The van der Waals surface area contributed by atoms with Crippen molar-refractivity contribution in [3.8, 4) is 0 Å². The first-order valence-corrected chi connectivity index (χ1v) is 7.77. The molecule has 0 aliphatic heterocycles. The van der Waals surface area contributed by atoms with E-state index in [4.69, 9.17) is 0 Å². The smallest absolute Gasteiger partial charge is 0.152 e. The Morgan fingerprint density at radius 1 is 1.11 bits per heavy atom. The van der Waals surface area contributed by atoms with Gasteiger partial charge in [-0.2, -0.15) is 0 Å². The molecule has 0 aromatic carbocycles. The zero-order valence-corrected chi connectivity index (χ0v) is 13.5. The summed E-state index contributed by atoms with van der Waals surface area (Å²) in [6.45, 7) is 10.5. The Labute approximate surface area is 120 Å². The third-order valence-corrected chi connectivity index (χ3v) is 3.61. The Morgan fingerprint density at radius 3 is 2.32 bits per heavy atom. The lowest BCUT2D eigenvalue weighted by Crippen LogP contribution is -1.99. The summed E-state index contributed by atoms with van der Waals surface area (Å²) in [5.74, 6) is 1.55. The van der Waals surface area contributed by atoms with Crippen LogP contribution in [-0.2, 0) is 4.79 Å². The Morgan fingerprint density at radius 2 is 1.79 bits per heavy atom. The Hall–Kier alpha value is -0.850. The first kappa shape index (κ1) is 18.1. The average Bonchev–Trinajstić information content (AvgIpc) is 2.32. The van der Waals surface area contributed by atoms with Crippen molar-refractivity contribution in [1.29, 1.82) is 0 Å². The molecule has 0 bridgehead atoms. The third kappa shape index (κ3) is 11.9. The summed E-state index contributed by atoms with van der Waals surface area (Å²) in [4.78, 5) is 10.9. The molecule has 0 aromatic heterocycles. The number of carbonyl (C=O) groups is 1. The normalized spacial score (nSPS) is 14.4. The summed E-state index contributed by atoms with van der Waals surface area (Å²) >= 11 is 0. The van der Waals surface area contributed by atoms with Gasteiger partial charge in [0.1, 0.15) is 0 Å². The second-order valence-corrected chi connectivity index (χ2v) is 6.03. The average molecular weight is 264 g/mol. The Kier molecular flexibility index (Phi) is 10.5. The van der Waals surface area contributed by atoms with Crippen LogP contribution in [-0.4, -0.2) is 5.78 Å². The van der Waals surface area contributed by atoms with Crippen LogP contribution in [0, 0.1) is 11.8 Å². The summed E-state index contributed by atoms with van der Waals surface area (Å²) in [5.41, 5.74) is 1.42. The van der Waals surface area contributed by atoms with E-state index in [2.05, 4.69) is 39.8 Å². The third-order valence-electron chi connectivity index (χ3n) is 3.61. The van der Waals surface area contributed by atoms with Crippen molar-refractivity contribution >= 4 is 5.78 Å². The predicted molar refractivity (Wildman–Crippen MR) is 85.3 cm³/mol. The molecule has 1 nitrogen and oxygen atoms in total. The summed E-state index contributed by atoms with van der Waals surface area (Å²) in [7, 11) is 0. The molecule has 110 valence electrons. The first-order chi connectivity index (χ1) is 8.95. The molecule has 0 heterocycles. The summed E-state index contributed by atoms with van der Waals surface area (Å²) in [6.07, 6.45) is 13.6. The number of allylic oxidation sites excluding steroid dienone is 4. The van der Waals surface area contributed by atoms with Crippen molar-refractivity contribution in [3.63, 3.8) is 0 Å². The summed E-state index contributed by atoms with van der Waals surface area (Å²) in [5, 5.41) is 0. The molecule has 0 radical (unpaired) electrons. The van der Waals surface area contributed by atoms with Crippen molar-refractivity contribution in [3.05, 3.63) is 23.8 Å². The van der Waals surface area contributed by atoms with Gasteiger partial charge >= 0.3 is 0 Å². The molecule has 0 amide bonds. The highest BCUT2D eigenvalue weighted by atomic mass is 16.1. The lowest BCUT2D eigenvalue weighted by atomic mass is 9.93. The van der Waals surface area contributed by atoms with Crippen molar-refractivity contribution in [2.75, 3.05) is 0 Å². The van der Waals surface area contributed by atoms with E-state index in [1.54, 1.807) is 13.0 Å². The molecular weight excluding hydrogens is 232 g/mol. The van der Waals surface area contributed by atoms with Gasteiger partial charge in [0.2, 0.25) is 0 Å². The van der Waals surface area contributed by atoms with Crippen LogP contribution < -0.4 is 0 Å². The summed E-state index contributed by atoms with van der Waals surface area (Å²) < 4.78 is 0. The highest BCUT2D eigenvalue weighted by molar-refractivity contribution is 5.87. The highest BCUT2D eigenvalue weighted by Gasteiger charge is 2.05. The van der Waals surface area contributed by atoms with Gasteiger partial charge in [0, 0.05) is 0 Å². The van der Waals surface area contributed by atoms with Crippen LogP contribution >= 0.6 is 0 Å². The molecule has 0 rings (SSSR count). The van der Waals surface area contributed by atoms with Crippen molar-refractivity contribution in [2.45, 2.75) is 73.1 Å². The van der Waals surface area contributed by atoms with E-state index in [-0.39, 0.29) is 5.78 Å². The van der Waals surface area contributed by atoms with Gasteiger partial charge in [-0.15, -0.1) is 0 Å². The van der Waals surface area contributed by atoms with E-state index in [0.717, 1.165) is 12.3 Å². The molecule has 1 heteroatoms. The van der Waals surface area contributed by atoms with Gasteiger partial charge in [0.15, 0.2) is 5.78 Å². The topological polar surface area (TPSA) is 17.1 Å². The fourth-order valence-corrected chi connectivity index (χ4v) is 2.24. The van der Waals surface area contributed by atoms with Crippen LogP contribution in [0.3, 0.4) is 0 Å². The number of hydrogen-bond acceptors (Lipinski definition) is 1. The summed E-state index contributed by atoms with van der Waals surface area (Å²) in [6, 6.07) is 0. The van der Waals surface area contributed by atoms with Crippen molar-refractivity contribution < 1.29 is 4.79 Å². The van der Waals surface area contributed by atoms with E-state index in [1.807, 2.05) is 0 Å². The predicted octanol–water partition coefficient (Wildman–Crippen LogP) is 5.71. The lowest BCUT2D eigenvalue weighted by Gasteiger charge is -2.13. The monoisotopic (exact) mass is 264 g/mol. The fourth-order valence-electron chi connectivity index (χ4n) is 2.24. The quantitative estimate of drug-likeness (QED) is 0.365. The van der Waals surface area contributed by atoms with Gasteiger partial charge in [0.25, 0.3) is 0 Å². The zero-order chi connectivity index (χ0) is 14.7. The minimum atomic E-state index is 0.161. The molecule has 0 spiro atoms. The first-order valence-electron chi connectivity index (χ1n) is 7.77. The molecule has 0 saturated carbocycles. The molecule has 0 aliphatic rings. The van der Waals surface area contributed by atoms with E-state index in [9.17, 15) is 4.79 Å². The van der Waals surface area contributed by atoms with Gasteiger partial charge < -0.3 is 0 Å². The van der Waals surface area contributed by atoms with Crippen molar-refractivity contribution in [2.24, 2.45) is 11.8 Å². The molecule has 2 unspecified atom stereocenters. The maximum absolute atomic E-state index is 10.9. The second-order valence-electron chi connectivity index (χ2n) is 6.03. The molecule has 0 aliphatic carbocycles. The van der Waals surface area contributed by atoms with E-state index in [0.29, 0.717) is 5.92 Å². The van der Waals surface area contributed by atoms with E-state index >= 15 is 0 Å². The second kappa shape index (κ2) is 11.0. The van der Waals surface area contributed by atoms with Crippen LogP contribution in [0.25, 0.3) is 0 Å². The molecular formula is C18H32O. The Balaban J connectivity index is 3.80. The van der Waals surface area contributed by atoms with Gasteiger partial charge in [-0.1, -0.05) is 44.4 Å². The molecule has 2 atom stereocenters. The van der Waals surface area contributed by atoms with Crippen LogP contribution in [0.4, 0.5) is 0 Å². The van der Waals surface area contributed by atoms with Gasteiger partial charge in [-0.25, -0.2) is 0 Å². The number of carbonyl (C=O) groups excluding carboxylic acids is 1. The molecule has 0 saturated heterocycles. The lowest BCUT2D eigenvalue weighted by molar-refractivity contribution is -0.112. The Bertz CT molecular complexity index is 295. The number of ketones is 1. The van der Waals surface area contributed by atoms with E-state index < -0.39 is 0 Å². The highest BCUT2D eigenvalue weighted by Crippen LogP contribution is 2.19. The van der Waals surface area contributed by atoms with Crippen molar-refractivity contribution in [1.82, 2.24) is 0 Å². The molecule has 0 fully saturated rings. The van der Waals surface area contributed by atoms with Crippen LogP contribution in [0.5, 0.6) is 0 Å². The van der Waals surface area contributed by atoms with Crippen LogP contribution in [0.2, 0.25) is 0 Å². The van der Waals surface area contributed by atoms with Crippen LogP contribution in [0.1, 0.15) is 73.1 Å². The molecule has 0 N–H and O–H groups in total. The SMILES string of the molecule is CCC(/C=C/C(C)=O)CCCC(C)CCC=C(C)C.